The molecule has 2 rings (SSSR count). The second-order valence-corrected chi connectivity index (χ2v) is 6.95. The summed E-state index contributed by atoms with van der Waals surface area (Å²) in [4.78, 5) is 13.2. The van der Waals surface area contributed by atoms with Crippen LogP contribution >= 0.6 is 0 Å². The SMILES string of the molecule is CC(C)NCCCCc1nc(N)c2ncn(CC(C)(C)O)c2n1. The van der Waals surface area contributed by atoms with E-state index in [4.69, 9.17) is 5.73 Å². The summed E-state index contributed by atoms with van der Waals surface area (Å²) in [5.74, 6) is 1.14. The first-order valence-electron chi connectivity index (χ1n) is 8.19. The molecule has 0 aliphatic rings. The average Bonchev–Trinajstić information content (AvgIpc) is 2.80. The highest BCUT2D eigenvalue weighted by Gasteiger charge is 2.17. The minimum absolute atomic E-state index is 0.403. The van der Waals surface area contributed by atoms with E-state index >= 15 is 0 Å². The first-order valence-corrected chi connectivity index (χ1v) is 8.19. The Morgan fingerprint density at radius 1 is 1.30 bits per heavy atom. The summed E-state index contributed by atoms with van der Waals surface area (Å²) in [5.41, 5.74) is 6.45. The predicted molar refractivity (Wildman–Crippen MR) is 92.1 cm³/mol. The zero-order valence-corrected chi connectivity index (χ0v) is 14.5. The van der Waals surface area contributed by atoms with Gasteiger partial charge in [0, 0.05) is 12.5 Å². The fourth-order valence-electron chi connectivity index (χ4n) is 2.46. The molecule has 0 unspecified atom stereocenters. The van der Waals surface area contributed by atoms with Crippen LogP contribution in [0.25, 0.3) is 11.2 Å². The van der Waals surface area contributed by atoms with Gasteiger partial charge in [0.1, 0.15) is 11.3 Å². The van der Waals surface area contributed by atoms with Crippen molar-refractivity contribution in [3.05, 3.63) is 12.2 Å². The lowest BCUT2D eigenvalue weighted by atomic mass is 10.1. The van der Waals surface area contributed by atoms with E-state index in [1.54, 1.807) is 20.2 Å². The highest BCUT2D eigenvalue weighted by atomic mass is 16.3. The van der Waals surface area contributed by atoms with Crippen LogP contribution in [0.1, 0.15) is 46.4 Å². The van der Waals surface area contributed by atoms with Gasteiger partial charge in [-0.3, -0.25) is 0 Å². The number of hydrogen-bond acceptors (Lipinski definition) is 6. The molecule has 0 saturated heterocycles. The van der Waals surface area contributed by atoms with Crippen molar-refractivity contribution in [1.29, 1.82) is 0 Å². The van der Waals surface area contributed by atoms with Crippen LogP contribution in [-0.4, -0.2) is 42.8 Å². The summed E-state index contributed by atoms with van der Waals surface area (Å²) in [6, 6.07) is 0.509. The van der Waals surface area contributed by atoms with Crippen LogP contribution < -0.4 is 11.1 Å². The van der Waals surface area contributed by atoms with Gasteiger partial charge in [-0.05, 0) is 33.2 Å². The molecule has 0 saturated carbocycles. The number of anilines is 1. The second-order valence-electron chi connectivity index (χ2n) is 6.95. The Morgan fingerprint density at radius 2 is 2.04 bits per heavy atom. The standard InChI is InChI=1S/C16H28N6O/c1-11(2)18-8-6-5-7-12-20-14(17)13-15(21-12)22(10-19-13)9-16(3,4)23/h10-11,18,23H,5-9H2,1-4H3,(H2,17,20,21). The summed E-state index contributed by atoms with van der Waals surface area (Å²) in [5, 5.41) is 13.4. The Labute approximate surface area is 137 Å². The highest BCUT2D eigenvalue weighted by molar-refractivity contribution is 5.81. The molecule has 23 heavy (non-hydrogen) atoms. The summed E-state index contributed by atoms with van der Waals surface area (Å²) in [6.45, 7) is 9.20. The number of aliphatic hydroxyl groups is 1. The molecule has 2 aromatic heterocycles. The largest absolute Gasteiger partial charge is 0.389 e. The van der Waals surface area contributed by atoms with Gasteiger partial charge in [-0.1, -0.05) is 13.8 Å². The minimum atomic E-state index is -0.837. The number of fused-ring (bicyclic) bond motifs is 1. The topological polar surface area (TPSA) is 102 Å². The average molecular weight is 320 g/mol. The van der Waals surface area contributed by atoms with Crippen molar-refractivity contribution in [1.82, 2.24) is 24.8 Å². The van der Waals surface area contributed by atoms with Crippen molar-refractivity contribution in [3.8, 4) is 0 Å². The molecule has 0 aromatic carbocycles. The number of nitrogens with zero attached hydrogens (tertiary/aromatic N) is 4. The van der Waals surface area contributed by atoms with Crippen LogP contribution in [0, 0.1) is 0 Å². The quantitative estimate of drug-likeness (QED) is 0.637. The third-order valence-electron chi connectivity index (χ3n) is 3.47. The molecule has 2 aromatic rings. The Balaban J connectivity index is 2.08. The molecule has 2 heterocycles. The number of aryl methyl sites for hydroxylation is 1. The number of aromatic nitrogens is 4. The molecule has 7 nitrogen and oxygen atoms in total. The van der Waals surface area contributed by atoms with Crippen LogP contribution in [-0.2, 0) is 13.0 Å². The Hall–Kier alpha value is -1.73. The van der Waals surface area contributed by atoms with Crippen molar-refractivity contribution >= 4 is 17.0 Å². The smallest absolute Gasteiger partial charge is 0.165 e. The van der Waals surface area contributed by atoms with E-state index in [1.165, 1.54) is 0 Å². The Kier molecular flexibility index (Phi) is 5.54. The van der Waals surface area contributed by atoms with Gasteiger partial charge < -0.3 is 20.7 Å². The van der Waals surface area contributed by atoms with E-state index in [9.17, 15) is 5.11 Å². The van der Waals surface area contributed by atoms with Gasteiger partial charge in [-0.2, -0.15) is 0 Å². The highest BCUT2D eigenvalue weighted by Crippen LogP contribution is 2.19. The van der Waals surface area contributed by atoms with Crippen molar-refractivity contribution in [2.45, 2.75) is 65.1 Å². The molecule has 0 amide bonds. The zero-order chi connectivity index (χ0) is 17.0. The molecule has 4 N–H and O–H groups in total. The van der Waals surface area contributed by atoms with Crippen molar-refractivity contribution in [2.24, 2.45) is 0 Å². The van der Waals surface area contributed by atoms with E-state index in [1.807, 2.05) is 4.57 Å². The van der Waals surface area contributed by atoms with Gasteiger partial charge in [0.15, 0.2) is 11.5 Å². The van der Waals surface area contributed by atoms with Gasteiger partial charge in [-0.15, -0.1) is 0 Å². The summed E-state index contributed by atoms with van der Waals surface area (Å²) in [6.07, 6.45) is 4.52. The number of nitrogen functional groups attached to an aromatic ring is 1. The molecule has 0 spiro atoms. The van der Waals surface area contributed by atoms with Gasteiger partial charge in [-0.25, -0.2) is 15.0 Å². The molecule has 0 fully saturated rings. The van der Waals surface area contributed by atoms with Gasteiger partial charge in [0.25, 0.3) is 0 Å². The summed E-state index contributed by atoms with van der Waals surface area (Å²) < 4.78 is 1.83. The molecule has 0 aliphatic carbocycles. The molecule has 7 heteroatoms. The normalized spacial score (nSPS) is 12.4. The van der Waals surface area contributed by atoms with Crippen molar-refractivity contribution in [2.75, 3.05) is 12.3 Å². The number of unbranched alkanes of at least 4 members (excludes halogenated alkanes) is 1. The lowest BCUT2D eigenvalue weighted by Gasteiger charge is -2.17. The fourth-order valence-corrected chi connectivity index (χ4v) is 2.46. The number of nitrogens with two attached hydrogens (primary N) is 1. The predicted octanol–water partition coefficient (Wildman–Crippen LogP) is 1.50. The van der Waals surface area contributed by atoms with Crippen LogP contribution in [0.4, 0.5) is 5.82 Å². The van der Waals surface area contributed by atoms with Gasteiger partial charge in [0.05, 0.1) is 18.5 Å². The molecular weight excluding hydrogens is 292 g/mol. The maximum absolute atomic E-state index is 10.0. The third kappa shape index (κ3) is 5.14. The zero-order valence-electron chi connectivity index (χ0n) is 14.5. The maximum atomic E-state index is 10.0. The number of hydrogen-bond donors (Lipinski definition) is 3. The Morgan fingerprint density at radius 3 is 2.70 bits per heavy atom. The van der Waals surface area contributed by atoms with Crippen molar-refractivity contribution in [3.63, 3.8) is 0 Å². The summed E-state index contributed by atoms with van der Waals surface area (Å²) >= 11 is 0. The molecule has 0 bridgehead atoms. The molecular formula is C16H28N6O. The van der Waals surface area contributed by atoms with Crippen LogP contribution in [0.2, 0.25) is 0 Å². The van der Waals surface area contributed by atoms with E-state index in [0.717, 1.165) is 31.6 Å². The van der Waals surface area contributed by atoms with E-state index in [0.29, 0.717) is 29.6 Å². The second kappa shape index (κ2) is 7.23. The Bertz CT molecular complexity index is 644. The van der Waals surface area contributed by atoms with E-state index < -0.39 is 5.60 Å². The fraction of sp³-hybridized carbons (Fsp3) is 0.688. The van der Waals surface area contributed by atoms with E-state index in [2.05, 4.69) is 34.1 Å². The molecule has 0 aliphatic heterocycles. The number of imidazole rings is 1. The van der Waals surface area contributed by atoms with Crippen LogP contribution in [0.15, 0.2) is 6.33 Å². The summed E-state index contributed by atoms with van der Waals surface area (Å²) in [7, 11) is 0. The number of nitrogens with one attached hydrogen (secondary N) is 1. The number of rotatable bonds is 8. The molecule has 0 atom stereocenters. The minimum Gasteiger partial charge on any atom is -0.389 e. The van der Waals surface area contributed by atoms with Gasteiger partial charge in [0.2, 0.25) is 0 Å². The van der Waals surface area contributed by atoms with Crippen molar-refractivity contribution < 1.29 is 5.11 Å². The van der Waals surface area contributed by atoms with Crippen LogP contribution in [0.3, 0.4) is 0 Å². The van der Waals surface area contributed by atoms with Crippen LogP contribution in [0.5, 0.6) is 0 Å². The first kappa shape index (κ1) is 17.6. The van der Waals surface area contributed by atoms with E-state index in [-0.39, 0.29) is 0 Å². The lowest BCUT2D eigenvalue weighted by molar-refractivity contribution is 0.0625. The molecule has 128 valence electrons. The maximum Gasteiger partial charge on any atom is 0.165 e. The monoisotopic (exact) mass is 320 g/mol. The first-order chi connectivity index (χ1) is 10.8. The third-order valence-corrected chi connectivity index (χ3v) is 3.47. The molecule has 0 radical (unpaired) electrons. The lowest BCUT2D eigenvalue weighted by Crippen LogP contribution is -2.26. The van der Waals surface area contributed by atoms with Gasteiger partial charge >= 0.3 is 0 Å².